The number of benzene rings is 1. The third-order valence-corrected chi connectivity index (χ3v) is 4.40. The molecule has 5 heteroatoms. The molecule has 2 aromatic heterocycles. The minimum Gasteiger partial charge on any atom is -0.465 e. The molecule has 0 radical (unpaired) electrons. The number of hydrogen-bond donors (Lipinski definition) is 1. The third kappa shape index (κ3) is 2.10. The van der Waals surface area contributed by atoms with Crippen molar-refractivity contribution >= 4 is 28.3 Å². The quantitative estimate of drug-likeness (QED) is 0.748. The first-order chi connectivity index (χ1) is 9.72. The number of carbonyl (C=O) groups is 1. The summed E-state index contributed by atoms with van der Waals surface area (Å²) in [5.74, 6) is 0.426. The van der Waals surface area contributed by atoms with Crippen LogP contribution in [0, 0.1) is 0 Å². The first-order valence-electron chi connectivity index (χ1n) is 6.39. The van der Waals surface area contributed by atoms with Crippen molar-refractivity contribution in [3.05, 3.63) is 40.8 Å². The summed E-state index contributed by atoms with van der Waals surface area (Å²) in [7, 11) is 1.38. The lowest BCUT2D eigenvalue weighted by molar-refractivity contribution is 0.0603. The molecular formula is C15H14N2O2S. The summed E-state index contributed by atoms with van der Waals surface area (Å²) in [4.78, 5) is 22.0. The van der Waals surface area contributed by atoms with Crippen LogP contribution in [0.15, 0.2) is 30.3 Å². The minimum absolute atomic E-state index is 0.367. The third-order valence-electron chi connectivity index (χ3n) is 3.16. The number of ether oxygens (including phenoxy) is 1. The molecule has 0 aliphatic rings. The number of esters is 1. The van der Waals surface area contributed by atoms with Gasteiger partial charge in [-0.15, -0.1) is 11.3 Å². The van der Waals surface area contributed by atoms with E-state index in [-0.39, 0.29) is 5.97 Å². The molecule has 0 fully saturated rings. The molecule has 2 heterocycles. The fourth-order valence-corrected chi connectivity index (χ4v) is 3.01. The maximum atomic E-state index is 11.8. The molecule has 0 aliphatic carbocycles. The van der Waals surface area contributed by atoms with E-state index in [0.717, 1.165) is 22.6 Å². The monoisotopic (exact) mass is 286 g/mol. The second kappa shape index (κ2) is 5.09. The van der Waals surface area contributed by atoms with Crippen LogP contribution in [0.1, 0.15) is 22.2 Å². The average molecular weight is 286 g/mol. The van der Waals surface area contributed by atoms with E-state index in [4.69, 9.17) is 4.74 Å². The molecule has 4 nitrogen and oxygen atoms in total. The van der Waals surface area contributed by atoms with Crippen LogP contribution >= 0.6 is 11.3 Å². The van der Waals surface area contributed by atoms with Crippen LogP contribution in [-0.2, 0) is 11.2 Å². The predicted octanol–water partition coefficient (Wildman–Crippen LogP) is 3.64. The van der Waals surface area contributed by atoms with E-state index >= 15 is 0 Å². The van der Waals surface area contributed by atoms with Gasteiger partial charge in [-0.1, -0.05) is 13.0 Å². The van der Waals surface area contributed by atoms with Crippen molar-refractivity contribution in [2.75, 3.05) is 7.11 Å². The largest absolute Gasteiger partial charge is 0.465 e. The predicted molar refractivity (Wildman–Crippen MR) is 80.1 cm³/mol. The zero-order valence-electron chi connectivity index (χ0n) is 11.3. The number of methoxy groups -OCH3 is 1. The molecule has 3 rings (SSSR count). The fraction of sp³-hybridized carbons (Fsp3) is 0.200. The van der Waals surface area contributed by atoms with Crippen LogP contribution in [0.3, 0.4) is 0 Å². The van der Waals surface area contributed by atoms with E-state index < -0.39 is 0 Å². The lowest BCUT2D eigenvalue weighted by atomic mass is 10.2. The number of H-pyrrole nitrogens is 1. The van der Waals surface area contributed by atoms with E-state index in [0.29, 0.717) is 11.1 Å². The lowest BCUT2D eigenvalue weighted by Crippen LogP contribution is -2.01. The zero-order valence-corrected chi connectivity index (χ0v) is 12.1. The van der Waals surface area contributed by atoms with Crippen molar-refractivity contribution in [1.29, 1.82) is 0 Å². The van der Waals surface area contributed by atoms with Gasteiger partial charge in [0.2, 0.25) is 0 Å². The lowest BCUT2D eigenvalue weighted by Gasteiger charge is -1.98. The Morgan fingerprint density at radius 3 is 2.90 bits per heavy atom. The summed E-state index contributed by atoms with van der Waals surface area (Å²) in [5.41, 5.74) is 1.98. The van der Waals surface area contributed by atoms with E-state index in [9.17, 15) is 4.79 Å². The Kier molecular flexibility index (Phi) is 3.28. The maximum absolute atomic E-state index is 11.8. The summed E-state index contributed by atoms with van der Waals surface area (Å²) in [5, 5.41) is 0. The number of rotatable bonds is 3. The fourth-order valence-electron chi connectivity index (χ4n) is 2.12. The normalized spacial score (nSPS) is 10.9. The Bertz CT molecular complexity index is 773. The van der Waals surface area contributed by atoms with Crippen LogP contribution in [-0.4, -0.2) is 23.0 Å². The second-order valence-electron chi connectivity index (χ2n) is 4.40. The first-order valence-corrected chi connectivity index (χ1v) is 7.20. The molecule has 0 unspecified atom stereocenters. The average Bonchev–Trinajstić information content (AvgIpc) is 3.11. The molecule has 1 aromatic carbocycles. The number of aromatic amines is 1. The molecular weight excluding hydrogens is 272 g/mol. The molecule has 3 aromatic rings. The van der Waals surface area contributed by atoms with Gasteiger partial charge >= 0.3 is 5.97 Å². The van der Waals surface area contributed by atoms with E-state index in [1.807, 2.05) is 12.1 Å². The number of hydrogen-bond acceptors (Lipinski definition) is 4. The Balaban J connectivity index is 2.12. The number of imidazole rings is 1. The van der Waals surface area contributed by atoms with Gasteiger partial charge in [0.15, 0.2) is 0 Å². The van der Waals surface area contributed by atoms with Crippen molar-refractivity contribution in [1.82, 2.24) is 9.97 Å². The Morgan fingerprint density at radius 2 is 2.20 bits per heavy atom. The zero-order chi connectivity index (χ0) is 14.1. The summed E-state index contributed by atoms with van der Waals surface area (Å²) in [6.45, 7) is 2.13. The number of nitrogens with zero attached hydrogens (tertiary/aromatic N) is 1. The molecule has 102 valence electrons. The highest BCUT2D eigenvalue weighted by molar-refractivity contribution is 7.15. The van der Waals surface area contributed by atoms with Crippen LogP contribution in [0.4, 0.5) is 0 Å². The van der Waals surface area contributed by atoms with Gasteiger partial charge in [0.25, 0.3) is 0 Å². The summed E-state index contributed by atoms with van der Waals surface area (Å²) < 4.78 is 4.79. The van der Waals surface area contributed by atoms with Crippen molar-refractivity contribution in [2.45, 2.75) is 13.3 Å². The molecule has 1 N–H and O–H groups in total. The van der Waals surface area contributed by atoms with E-state index in [2.05, 4.69) is 29.0 Å². The summed E-state index contributed by atoms with van der Waals surface area (Å²) in [6, 6.07) is 9.62. The SMILES string of the molecule is CCc1ccc(-c2nc3c(C(=O)OC)cccc3[nH]2)s1. The standard InChI is InChI=1S/C15H14N2O2S/c1-3-9-7-8-12(20-9)14-16-11-6-4-5-10(13(11)17-14)15(18)19-2/h4-8H,3H2,1-2H3,(H,16,17). The van der Waals surface area contributed by atoms with E-state index in [1.54, 1.807) is 17.4 Å². The summed E-state index contributed by atoms with van der Waals surface area (Å²) in [6.07, 6.45) is 1.01. The Hall–Kier alpha value is -2.14. The highest BCUT2D eigenvalue weighted by Gasteiger charge is 2.15. The van der Waals surface area contributed by atoms with Gasteiger partial charge in [-0.2, -0.15) is 0 Å². The number of carbonyl (C=O) groups excluding carboxylic acids is 1. The molecule has 0 spiro atoms. The van der Waals surface area contributed by atoms with Crippen LogP contribution < -0.4 is 0 Å². The highest BCUT2D eigenvalue weighted by Crippen LogP contribution is 2.29. The first kappa shape index (κ1) is 12.9. The second-order valence-corrected chi connectivity index (χ2v) is 5.57. The molecule has 0 saturated carbocycles. The topological polar surface area (TPSA) is 55.0 Å². The number of para-hydroxylation sites is 1. The van der Waals surface area contributed by atoms with Gasteiger partial charge in [-0.3, -0.25) is 0 Å². The minimum atomic E-state index is -0.367. The number of thiophene rings is 1. The maximum Gasteiger partial charge on any atom is 0.340 e. The van der Waals surface area contributed by atoms with Crippen molar-refractivity contribution < 1.29 is 9.53 Å². The van der Waals surface area contributed by atoms with Crippen LogP contribution in [0.2, 0.25) is 0 Å². The highest BCUT2D eigenvalue weighted by atomic mass is 32.1. The van der Waals surface area contributed by atoms with Crippen LogP contribution in [0.5, 0.6) is 0 Å². The molecule has 0 amide bonds. The summed E-state index contributed by atoms with van der Waals surface area (Å²) >= 11 is 1.71. The molecule has 0 saturated heterocycles. The van der Waals surface area contributed by atoms with Crippen molar-refractivity contribution in [3.63, 3.8) is 0 Å². The number of fused-ring (bicyclic) bond motifs is 1. The molecule has 20 heavy (non-hydrogen) atoms. The van der Waals surface area contributed by atoms with Crippen molar-refractivity contribution in [2.24, 2.45) is 0 Å². The molecule has 0 bridgehead atoms. The van der Waals surface area contributed by atoms with Gasteiger partial charge in [-0.25, -0.2) is 9.78 Å². The smallest absolute Gasteiger partial charge is 0.340 e. The van der Waals surface area contributed by atoms with Gasteiger partial charge in [0, 0.05) is 4.88 Å². The number of nitrogens with one attached hydrogen (secondary N) is 1. The number of aryl methyl sites for hydroxylation is 1. The van der Waals surface area contributed by atoms with Gasteiger partial charge in [0.1, 0.15) is 11.3 Å². The number of aromatic nitrogens is 2. The van der Waals surface area contributed by atoms with Gasteiger partial charge < -0.3 is 9.72 Å². The van der Waals surface area contributed by atoms with Crippen molar-refractivity contribution in [3.8, 4) is 10.7 Å². The van der Waals surface area contributed by atoms with Gasteiger partial charge in [-0.05, 0) is 30.7 Å². The molecule has 0 atom stereocenters. The van der Waals surface area contributed by atoms with E-state index in [1.165, 1.54) is 12.0 Å². The molecule has 0 aliphatic heterocycles. The Morgan fingerprint density at radius 1 is 1.35 bits per heavy atom. The van der Waals surface area contributed by atoms with Crippen LogP contribution in [0.25, 0.3) is 21.7 Å². The van der Waals surface area contributed by atoms with Gasteiger partial charge in [0.05, 0.1) is 23.1 Å². The Labute approximate surface area is 120 Å².